The predicted octanol–water partition coefficient (Wildman–Crippen LogP) is 2.56. The highest BCUT2D eigenvalue weighted by Gasteiger charge is 2.44. The summed E-state index contributed by atoms with van der Waals surface area (Å²) in [7, 11) is 2.88. The minimum atomic E-state index is -0.749. The molecule has 0 spiro atoms. The van der Waals surface area contributed by atoms with Gasteiger partial charge in [0, 0.05) is 0 Å². The first-order chi connectivity index (χ1) is 8.68. The first kappa shape index (κ1) is 12.6. The fraction of sp³-hybridized carbons (Fsp3) is 0.462. The molecule has 1 aliphatic carbocycles. The van der Waals surface area contributed by atoms with Crippen molar-refractivity contribution in [3.63, 3.8) is 0 Å². The van der Waals surface area contributed by atoms with Gasteiger partial charge < -0.3 is 9.47 Å². The van der Waals surface area contributed by atoms with E-state index >= 15 is 0 Å². The second kappa shape index (κ2) is 4.78. The molecule has 4 nitrogen and oxygen atoms in total. The van der Waals surface area contributed by atoms with E-state index in [4.69, 9.17) is 9.47 Å². The molecule has 1 aromatic carbocycles. The van der Waals surface area contributed by atoms with Crippen LogP contribution in [-0.4, -0.2) is 20.3 Å². The number of benzene rings is 1. The number of aliphatic imine (C=N–C) groups is 1. The minimum absolute atomic E-state index is 0.0908. The van der Waals surface area contributed by atoms with Gasteiger partial charge in [-0.1, -0.05) is 0 Å². The van der Waals surface area contributed by atoms with Crippen molar-refractivity contribution in [2.45, 2.75) is 24.8 Å². The van der Waals surface area contributed by atoms with Crippen LogP contribution < -0.4 is 9.47 Å². The maximum atomic E-state index is 13.8. The Balaban J connectivity index is 2.67. The zero-order valence-corrected chi connectivity index (χ0v) is 10.3. The lowest BCUT2D eigenvalue weighted by Gasteiger charge is -2.38. The van der Waals surface area contributed by atoms with E-state index in [1.807, 2.05) is 0 Å². The summed E-state index contributed by atoms with van der Waals surface area (Å²) in [5.74, 6) is 0.0840. The van der Waals surface area contributed by atoms with Crippen LogP contribution in [0.1, 0.15) is 24.8 Å². The Hall–Kier alpha value is -1.87. The van der Waals surface area contributed by atoms with E-state index < -0.39 is 11.4 Å². The van der Waals surface area contributed by atoms with Gasteiger partial charge in [0.15, 0.2) is 11.6 Å². The second-order valence-electron chi connectivity index (χ2n) is 4.25. The number of methoxy groups -OCH3 is 2. The van der Waals surface area contributed by atoms with Crippen LogP contribution in [0.25, 0.3) is 0 Å². The van der Waals surface area contributed by atoms with Gasteiger partial charge in [-0.25, -0.2) is 9.18 Å². The number of ether oxygens (including phenoxy) is 2. The maximum absolute atomic E-state index is 13.8. The van der Waals surface area contributed by atoms with Crippen LogP contribution in [0.2, 0.25) is 0 Å². The van der Waals surface area contributed by atoms with Gasteiger partial charge >= 0.3 is 0 Å². The van der Waals surface area contributed by atoms with Crippen LogP contribution in [0.4, 0.5) is 4.39 Å². The quantitative estimate of drug-likeness (QED) is 0.610. The van der Waals surface area contributed by atoms with Crippen molar-refractivity contribution < 1.29 is 18.7 Å². The number of hydrogen-bond donors (Lipinski definition) is 0. The Labute approximate surface area is 104 Å². The van der Waals surface area contributed by atoms with E-state index in [-0.39, 0.29) is 5.75 Å². The fourth-order valence-electron chi connectivity index (χ4n) is 2.37. The molecule has 5 heteroatoms. The van der Waals surface area contributed by atoms with Crippen molar-refractivity contribution in [3.8, 4) is 11.5 Å². The van der Waals surface area contributed by atoms with Crippen molar-refractivity contribution >= 4 is 6.08 Å². The number of rotatable bonds is 4. The minimum Gasteiger partial charge on any atom is -0.496 e. The van der Waals surface area contributed by atoms with Gasteiger partial charge in [0.2, 0.25) is 6.08 Å². The first-order valence-corrected chi connectivity index (χ1v) is 5.68. The lowest BCUT2D eigenvalue weighted by atomic mass is 9.71. The molecule has 0 N–H and O–H groups in total. The molecule has 96 valence electrons. The summed E-state index contributed by atoms with van der Waals surface area (Å²) in [6.45, 7) is 0. The summed E-state index contributed by atoms with van der Waals surface area (Å²) in [6.07, 6.45) is 3.83. The molecule has 0 radical (unpaired) electrons. The Morgan fingerprint density at radius 1 is 1.33 bits per heavy atom. The predicted molar refractivity (Wildman–Crippen MR) is 63.2 cm³/mol. The summed E-state index contributed by atoms with van der Waals surface area (Å²) < 4.78 is 24.1. The zero-order chi connectivity index (χ0) is 13.2. The molecule has 0 heterocycles. The van der Waals surface area contributed by atoms with Crippen molar-refractivity contribution in [1.29, 1.82) is 0 Å². The van der Waals surface area contributed by atoms with E-state index in [1.54, 1.807) is 6.08 Å². The molecule has 1 saturated carbocycles. The highest BCUT2D eigenvalue weighted by Crippen LogP contribution is 2.52. The Morgan fingerprint density at radius 2 is 2.06 bits per heavy atom. The van der Waals surface area contributed by atoms with Gasteiger partial charge in [0.05, 0.1) is 19.8 Å². The van der Waals surface area contributed by atoms with Crippen LogP contribution >= 0.6 is 0 Å². The standard InChI is InChI=1S/C13H14FNO3/c1-17-10-5-4-9(14)12(18-2)11(10)13(15-8-16)6-3-7-13/h4-5H,3,6-7H2,1-2H3. The Morgan fingerprint density at radius 3 is 2.50 bits per heavy atom. The molecule has 1 fully saturated rings. The van der Waals surface area contributed by atoms with Crippen molar-refractivity contribution in [2.75, 3.05) is 14.2 Å². The molecule has 1 aliphatic rings. The molecule has 18 heavy (non-hydrogen) atoms. The first-order valence-electron chi connectivity index (χ1n) is 5.68. The Bertz CT molecular complexity index is 505. The molecular formula is C13H14FNO3. The molecule has 0 bridgehead atoms. The SMILES string of the molecule is COc1ccc(F)c(OC)c1C1(N=C=O)CCC1. The molecule has 0 aliphatic heterocycles. The monoisotopic (exact) mass is 251 g/mol. The van der Waals surface area contributed by atoms with E-state index in [2.05, 4.69) is 4.99 Å². The highest BCUT2D eigenvalue weighted by atomic mass is 19.1. The largest absolute Gasteiger partial charge is 0.496 e. The lowest BCUT2D eigenvalue weighted by molar-refractivity contribution is 0.233. The number of hydrogen-bond acceptors (Lipinski definition) is 4. The van der Waals surface area contributed by atoms with Gasteiger partial charge in [-0.15, -0.1) is 0 Å². The molecule has 0 aromatic heterocycles. The zero-order valence-electron chi connectivity index (χ0n) is 10.3. The average Bonchev–Trinajstić information content (AvgIpc) is 2.33. The highest BCUT2D eigenvalue weighted by molar-refractivity contribution is 5.53. The van der Waals surface area contributed by atoms with Crippen LogP contribution in [0.5, 0.6) is 11.5 Å². The molecule has 0 amide bonds. The van der Waals surface area contributed by atoms with Gasteiger partial charge in [-0.3, -0.25) is 0 Å². The van der Waals surface area contributed by atoms with E-state index in [9.17, 15) is 9.18 Å². The van der Waals surface area contributed by atoms with Crippen LogP contribution in [0.3, 0.4) is 0 Å². The second-order valence-corrected chi connectivity index (χ2v) is 4.25. The van der Waals surface area contributed by atoms with Gasteiger partial charge in [-0.05, 0) is 31.4 Å². The molecule has 0 unspecified atom stereocenters. The molecular weight excluding hydrogens is 237 g/mol. The number of nitrogens with zero attached hydrogens (tertiary/aromatic N) is 1. The summed E-state index contributed by atoms with van der Waals surface area (Å²) in [5.41, 5.74) is -0.248. The van der Waals surface area contributed by atoms with Gasteiger partial charge in [0.1, 0.15) is 11.3 Å². The van der Waals surface area contributed by atoms with Crippen molar-refractivity contribution in [2.24, 2.45) is 4.99 Å². The third-order valence-electron chi connectivity index (χ3n) is 3.40. The van der Waals surface area contributed by atoms with Crippen LogP contribution in [0, 0.1) is 5.82 Å². The number of carbonyl (C=O) groups excluding carboxylic acids is 1. The lowest BCUT2D eigenvalue weighted by Crippen LogP contribution is -2.33. The fourth-order valence-corrected chi connectivity index (χ4v) is 2.37. The van der Waals surface area contributed by atoms with Crippen molar-refractivity contribution in [3.05, 3.63) is 23.5 Å². The molecule has 2 rings (SSSR count). The third kappa shape index (κ3) is 1.77. The number of isocyanates is 1. The molecule has 1 aromatic rings. The van der Waals surface area contributed by atoms with E-state index in [0.29, 0.717) is 24.2 Å². The van der Waals surface area contributed by atoms with E-state index in [1.165, 1.54) is 26.4 Å². The van der Waals surface area contributed by atoms with Crippen molar-refractivity contribution in [1.82, 2.24) is 0 Å². The van der Waals surface area contributed by atoms with Gasteiger partial charge in [0.25, 0.3) is 0 Å². The Kier molecular flexibility index (Phi) is 3.34. The third-order valence-corrected chi connectivity index (χ3v) is 3.40. The van der Waals surface area contributed by atoms with Crippen LogP contribution in [-0.2, 0) is 10.3 Å². The maximum Gasteiger partial charge on any atom is 0.235 e. The van der Waals surface area contributed by atoms with Crippen LogP contribution in [0.15, 0.2) is 17.1 Å². The summed E-state index contributed by atoms with van der Waals surface area (Å²) in [4.78, 5) is 14.5. The molecule has 0 saturated heterocycles. The normalized spacial score (nSPS) is 16.4. The van der Waals surface area contributed by atoms with Gasteiger partial charge in [-0.2, -0.15) is 4.99 Å². The summed E-state index contributed by atoms with van der Waals surface area (Å²) in [5, 5.41) is 0. The average molecular weight is 251 g/mol. The molecule has 0 atom stereocenters. The summed E-state index contributed by atoms with van der Waals surface area (Å²) in [6, 6.07) is 2.80. The summed E-state index contributed by atoms with van der Waals surface area (Å²) >= 11 is 0. The van der Waals surface area contributed by atoms with E-state index in [0.717, 1.165) is 6.42 Å². The number of halogens is 1. The smallest absolute Gasteiger partial charge is 0.235 e. The topological polar surface area (TPSA) is 47.9 Å².